The molecule has 3 heteroatoms. The van der Waals surface area contributed by atoms with E-state index in [0.29, 0.717) is 0 Å². The number of rotatable bonds is 4. The van der Waals surface area contributed by atoms with Crippen molar-refractivity contribution in [3.63, 3.8) is 0 Å². The van der Waals surface area contributed by atoms with Crippen LogP contribution in [0.5, 0.6) is 0 Å². The van der Waals surface area contributed by atoms with Crippen LogP contribution in [0, 0.1) is 0 Å². The molecule has 1 aliphatic rings. The third-order valence-electron chi connectivity index (χ3n) is 3.02. The van der Waals surface area contributed by atoms with Crippen LogP contribution >= 0.6 is 0 Å². The van der Waals surface area contributed by atoms with Crippen LogP contribution < -0.4 is 0 Å². The second kappa shape index (κ2) is 5.99. The van der Waals surface area contributed by atoms with E-state index >= 15 is 0 Å². The molecule has 0 bridgehead atoms. The molecule has 0 saturated heterocycles. The number of hydrogen-bond acceptors (Lipinski definition) is 1. The Bertz CT molecular complexity index is 133. The predicted octanol–water partition coefficient (Wildman–Crippen LogP) is 3.06. The summed E-state index contributed by atoms with van der Waals surface area (Å²) in [6.45, 7) is 6.97. The zero-order valence-electron chi connectivity index (χ0n) is 9.38. The van der Waals surface area contributed by atoms with E-state index in [-0.39, 0.29) is 0 Å². The Morgan fingerprint density at radius 1 is 1.15 bits per heavy atom. The Kier molecular flexibility index (Phi) is 5.28. The minimum absolute atomic E-state index is 0.755. The summed E-state index contributed by atoms with van der Waals surface area (Å²) in [6, 6.07) is 1.36. The maximum atomic E-state index is 6.22. The van der Waals surface area contributed by atoms with Crippen molar-refractivity contribution < 1.29 is 4.12 Å². The first-order valence-electron chi connectivity index (χ1n) is 5.89. The third-order valence-corrected chi connectivity index (χ3v) is 9.12. The molecule has 1 fully saturated rings. The molecule has 0 amide bonds. The Labute approximate surface area is 86.3 Å². The highest BCUT2D eigenvalue weighted by atomic mass is 28.4. The molecule has 0 spiro atoms. The first kappa shape index (κ1) is 11.5. The fourth-order valence-electron chi connectivity index (χ4n) is 2.40. The summed E-state index contributed by atoms with van der Waals surface area (Å²) in [5.41, 5.74) is 1.02. The predicted molar refractivity (Wildman–Crippen MR) is 64.4 cm³/mol. The van der Waals surface area contributed by atoms with Gasteiger partial charge in [-0.2, -0.15) is 0 Å². The summed E-state index contributed by atoms with van der Waals surface area (Å²) < 4.78 is 6.22. The molecule has 0 aromatic heterocycles. The van der Waals surface area contributed by atoms with Crippen molar-refractivity contribution in [2.75, 3.05) is 0 Å². The van der Waals surface area contributed by atoms with Gasteiger partial charge in [-0.3, -0.25) is 0 Å². The maximum absolute atomic E-state index is 6.22. The van der Waals surface area contributed by atoms with Crippen molar-refractivity contribution in [2.45, 2.75) is 63.7 Å². The molecule has 0 aliphatic heterocycles. The summed E-state index contributed by atoms with van der Waals surface area (Å²) in [4.78, 5) is 0. The molecular formula is C10H24OSi2. The number of hydrogen-bond donors (Lipinski definition) is 0. The lowest BCUT2D eigenvalue weighted by Crippen LogP contribution is -2.30. The molecule has 1 rings (SSSR count). The van der Waals surface area contributed by atoms with E-state index in [0.717, 1.165) is 5.54 Å². The molecule has 1 unspecified atom stereocenters. The van der Waals surface area contributed by atoms with E-state index in [1.165, 1.54) is 38.1 Å². The van der Waals surface area contributed by atoms with Gasteiger partial charge >= 0.3 is 0 Å². The molecule has 1 saturated carbocycles. The van der Waals surface area contributed by atoms with Gasteiger partial charge in [-0.15, -0.1) is 0 Å². The van der Waals surface area contributed by atoms with Crippen molar-refractivity contribution in [1.82, 2.24) is 0 Å². The molecular weight excluding hydrogens is 192 g/mol. The highest BCUT2D eigenvalue weighted by molar-refractivity contribution is 6.65. The van der Waals surface area contributed by atoms with Crippen molar-refractivity contribution in [3.8, 4) is 0 Å². The van der Waals surface area contributed by atoms with E-state index in [1.54, 1.807) is 0 Å². The van der Waals surface area contributed by atoms with Crippen LogP contribution in [0.2, 0.25) is 24.7 Å². The molecule has 0 aromatic carbocycles. The Morgan fingerprint density at radius 3 is 2.23 bits per heavy atom. The van der Waals surface area contributed by atoms with Crippen LogP contribution in [0.3, 0.4) is 0 Å². The lowest BCUT2D eigenvalue weighted by Gasteiger charge is -2.29. The van der Waals surface area contributed by atoms with Crippen molar-refractivity contribution in [2.24, 2.45) is 0 Å². The van der Waals surface area contributed by atoms with Gasteiger partial charge in [0.15, 0.2) is 18.1 Å². The quantitative estimate of drug-likeness (QED) is 0.656. The Balaban J connectivity index is 2.34. The zero-order valence-corrected chi connectivity index (χ0v) is 11.7. The molecule has 1 aliphatic carbocycles. The summed E-state index contributed by atoms with van der Waals surface area (Å²) in [5.74, 6) is 0. The highest BCUT2D eigenvalue weighted by Crippen LogP contribution is 2.32. The molecule has 0 N–H and O–H groups in total. The van der Waals surface area contributed by atoms with Gasteiger partial charge in [0.1, 0.15) is 0 Å². The van der Waals surface area contributed by atoms with E-state index < -0.39 is 18.1 Å². The molecule has 13 heavy (non-hydrogen) atoms. The fraction of sp³-hybridized carbons (Fsp3) is 1.00. The average Bonchev–Trinajstić information content (AvgIpc) is 2.15. The summed E-state index contributed by atoms with van der Waals surface area (Å²) in [6.07, 6.45) is 7.37. The van der Waals surface area contributed by atoms with Gasteiger partial charge in [-0.1, -0.05) is 39.0 Å². The Morgan fingerprint density at radius 2 is 1.77 bits per heavy atom. The summed E-state index contributed by atoms with van der Waals surface area (Å²) >= 11 is 0. The standard InChI is InChI=1S/C10H24OSi2/c1-4-13(11-12(2)3)10-8-6-5-7-9-10/h10,12-13H,4-9H2,1-3H3. The Hall–Kier alpha value is 0.394. The van der Waals surface area contributed by atoms with Crippen LogP contribution in [-0.2, 0) is 4.12 Å². The van der Waals surface area contributed by atoms with Gasteiger partial charge in [0.05, 0.1) is 0 Å². The molecule has 1 atom stereocenters. The van der Waals surface area contributed by atoms with Crippen LogP contribution in [-0.4, -0.2) is 18.1 Å². The lowest BCUT2D eigenvalue weighted by atomic mass is 10.0. The molecule has 0 heterocycles. The fourth-order valence-corrected chi connectivity index (χ4v) is 8.73. The molecule has 78 valence electrons. The highest BCUT2D eigenvalue weighted by Gasteiger charge is 2.25. The van der Waals surface area contributed by atoms with Crippen LogP contribution in [0.15, 0.2) is 0 Å². The third kappa shape index (κ3) is 3.96. The topological polar surface area (TPSA) is 9.23 Å². The van der Waals surface area contributed by atoms with Crippen molar-refractivity contribution in [3.05, 3.63) is 0 Å². The minimum Gasteiger partial charge on any atom is -0.460 e. The van der Waals surface area contributed by atoms with E-state index in [4.69, 9.17) is 4.12 Å². The zero-order chi connectivity index (χ0) is 9.68. The molecule has 0 aromatic rings. The van der Waals surface area contributed by atoms with Gasteiger partial charge in [0.2, 0.25) is 0 Å². The SMILES string of the molecule is CC[SiH](O[SiH](C)C)C1CCCCC1. The van der Waals surface area contributed by atoms with Gasteiger partial charge in [-0.25, -0.2) is 0 Å². The first-order valence-corrected chi connectivity index (χ1v) is 10.6. The van der Waals surface area contributed by atoms with Crippen molar-refractivity contribution >= 4 is 18.1 Å². The van der Waals surface area contributed by atoms with E-state index in [9.17, 15) is 0 Å². The maximum Gasteiger partial charge on any atom is 0.165 e. The smallest absolute Gasteiger partial charge is 0.165 e. The van der Waals surface area contributed by atoms with Crippen molar-refractivity contribution in [1.29, 1.82) is 0 Å². The average molecular weight is 216 g/mol. The van der Waals surface area contributed by atoms with Crippen LogP contribution in [0.25, 0.3) is 0 Å². The normalized spacial score (nSPS) is 22.2. The molecule has 0 radical (unpaired) electrons. The van der Waals surface area contributed by atoms with E-state index in [1.807, 2.05) is 0 Å². The summed E-state index contributed by atoms with van der Waals surface area (Å²) in [7, 11) is -1.55. The van der Waals surface area contributed by atoms with Crippen LogP contribution in [0.1, 0.15) is 39.0 Å². The summed E-state index contributed by atoms with van der Waals surface area (Å²) in [5, 5.41) is 0. The minimum atomic E-state index is -0.790. The second-order valence-electron chi connectivity index (χ2n) is 4.53. The van der Waals surface area contributed by atoms with E-state index in [2.05, 4.69) is 20.0 Å². The monoisotopic (exact) mass is 216 g/mol. The van der Waals surface area contributed by atoms with Gasteiger partial charge in [0.25, 0.3) is 0 Å². The largest absolute Gasteiger partial charge is 0.460 e. The second-order valence-corrected chi connectivity index (χ2v) is 10.6. The first-order chi connectivity index (χ1) is 6.24. The molecule has 1 nitrogen and oxygen atoms in total. The lowest BCUT2D eigenvalue weighted by molar-refractivity contribution is 0.456. The van der Waals surface area contributed by atoms with Crippen LogP contribution in [0.4, 0.5) is 0 Å². The van der Waals surface area contributed by atoms with Gasteiger partial charge in [0, 0.05) is 0 Å². The van der Waals surface area contributed by atoms with Gasteiger partial charge in [-0.05, 0) is 24.7 Å². The van der Waals surface area contributed by atoms with Gasteiger partial charge < -0.3 is 4.12 Å².